The average molecular weight is 196 g/mol. The first-order valence-electron chi connectivity index (χ1n) is 3.27. The molecule has 5 heteroatoms. The van der Waals surface area contributed by atoms with Crippen LogP contribution in [0.2, 0.25) is 0 Å². The number of rotatable bonds is 1. The zero-order valence-corrected chi connectivity index (χ0v) is 6.87. The second kappa shape index (κ2) is 3.43. The molecule has 1 N–H and O–H groups in total. The lowest BCUT2D eigenvalue weighted by Crippen LogP contribution is -2.09. The molecule has 1 aliphatic heterocycles. The van der Waals surface area contributed by atoms with E-state index in [1.807, 2.05) is 0 Å². The molecule has 0 unspecified atom stereocenters. The molecule has 0 aromatic rings. The molecule has 0 spiro atoms. The fourth-order valence-corrected chi connectivity index (χ4v) is 1.67. The molecule has 0 atom stereocenters. The highest BCUT2D eigenvalue weighted by Gasteiger charge is 2.30. The lowest BCUT2D eigenvalue weighted by molar-refractivity contribution is -0.126. The SMILES string of the molecule is OC1=C(CC(F)(F)F)SCC=C1. The van der Waals surface area contributed by atoms with Crippen molar-refractivity contribution in [3.63, 3.8) is 0 Å². The van der Waals surface area contributed by atoms with Crippen LogP contribution < -0.4 is 0 Å². The Bertz CT molecular complexity index is 229. The normalized spacial score (nSPS) is 18.6. The van der Waals surface area contributed by atoms with Crippen molar-refractivity contribution in [2.24, 2.45) is 0 Å². The predicted octanol–water partition coefficient (Wildman–Crippen LogP) is 3.01. The fourth-order valence-electron chi connectivity index (χ4n) is 0.799. The van der Waals surface area contributed by atoms with Gasteiger partial charge in [0.15, 0.2) is 0 Å². The van der Waals surface area contributed by atoms with Gasteiger partial charge in [-0.1, -0.05) is 6.08 Å². The van der Waals surface area contributed by atoms with Crippen molar-refractivity contribution in [1.82, 2.24) is 0 Å². The molecule has 1 nitrogen and oxygen atoms in total. The summed E-state index contributed by atoms with van der Waals surface area (Å²) in [5.74, 6) is 0.235. The van der Waals surface area contributed by atoms with E-state index in [-0.39, 0.29) is 10.7 Å². The summed E-state index contributed by atoms with van der Waals surface area (Å²) in [6.07, 6.45) is -2.34. The van der Waals surface area contributed by atoms with Crippen LogP contribution in [0.25, 0.3) is 0 Å². The van der Waals surface area contributed by atoms with E-state index in [1.54, 1.807) is 6.08 Å². The second-order valence-electron chi connectivity index (χ2n) is 2.31. The summed E-state index contributed by atoms with van der Waals surface area (Å²) in [5.41, 5.74) is 0. The van der Waals surface area contributed by atoms with Crippen LogP contribution in [0.5, 0.6) is 0 Å². The molecule has 0 saturated heterocycles. The number of aliphatic hydroxyl groups excluding tert-OH is 1. The average Bonchev–Trinajstić information content (AvgIpc) is 1.91. The molecule has 1 heterocycles. The number of halogens is 3. The van der Waals surface area contributed by atoms with Crippen LogP contribution in [-0.4, -0.2) is 17.0 Å². The number of thioether (sulfide) groups is 1. The van der Waals surface area contributed by atoms with Gasteiger partial charge in [0.25, 0.3) is 0 Å². The minimum atomic E-state index is -4.23. The van der Waals surface area contributed by atoms with E-state index in [0.717, 1.165) is 11.8 Å². The molecule has 0 bridgehead atoms. The lowest BCUT2D eigenvalue weighted by Gasteiger charge is -2.12. The Morgan fingerprint density at radius 2 is 2.17 bits per heavy atom. The van der Waals surface area contributed by atoms with Gasteiger partial charge in [-0.3, -0.25) is 0 Å². The Kier molecular flexibility index (Phi) is 2.72. The largest absolute Gasteiger partial charge is 0.507 e. The van der Waals surface area contributed by atoms with E-state index in [2.05, 4.69) is 0 Å². The molecule has 0 aliphatic carbocycles. The smallest absolute Gasteiger partial charge is 0.393 e. The van der Waals surface area contributed by atoms with Gasteiger partial charge in [-0.2, -0.15) is 13.2 Å². The fraction of sp³-hybridized carbons (Fsp3) is 0.429. The van der Waals surface area contributed by atoms with Crippen molar-refractivity contribution in [3.8, 4) is 0 Å². The summed E-state index contributed by atoms with van der Waals surface area (Å²) < 4.78 is 35.5. The molecule has 1 rings (SSSR count). The number of hydrogen-bond donors (Lipinski definition) is 1. The first kappa shape index (κ1) is 9.51. The maximum Gasteiger partial charge on any atom is 0.393 e. The highest BCUT2D eigenvalue weighted by Crippen LogP contribution is 2.34. The van der Waals surface area contributed by atoms with Gasteiger partial charge in [-0.15, -0.1) is 11.8 Å². The molecule has 0 radical (unpaired) electrons. The third-order valence-electron chi connectivity index (χ3n) is 1.28. The molecule has 0 aromatic carbocycles. The summed E-state index contributed by atoms with van der Waals surface area (Å²) >= 11 is 1.02. The van der Waals surface area contributed by atoms with Crippen LogP contribution in [0, 0.1) is 0 Å². The Morgan fingerprint density at radius 1 is 1.50 bits per heavy atom. The van der Waals surface area contributed by atoms with Gasteiger partial charge in [0, 0.05) is 10.7 Å². The van der Waals surface area contributed by atoms with Crippen molar-refractivity contribution in [1.29, 1.82) is 0 Å². The summed E-state index contributed by atoms with van der Waals surface area (Å²) in [6, 6.07) is 0. The van der Waals surface area contributed by atoms with E-state index in [4.69, 9.17) is 5.11 Å². The van der Waals surface area contributed by atoms with Crippen molar-refractivity contribution < 1.29 is 18.3 Å². The third kappa shape index (κ3) is 2.81. The lowest BCUT2D eigenvalue weighted by atomic mass is 10.3. The molecule has 0 saturated carbocycles. The van der Waals surface area contributed by atoms with Gasteiger partial charge >= 0.3 is 6.18 Å². The van der Waals surface area contributed by atoms with Crippen molar-refractivity contribution >= 4 is 11.8 Å². The van der Waals surface area contributed by atoms with Crippen LogP contribution in [0.15, 0.2) is 22.8 Å². The summed E-state index contributed by atoms with van der Waals surface area (Å²) in [6.45, 7) is 0. The minimum Gasteiger partial charge on any atom is -0.507 e. The molecule has 1 aliphatic rings. The second-order valence-corrected chi connectivity index (χ2v) is 3.43. The minimum absolute atomic E-state index is 0.00463. The van der Waals surface area contributed by atoms with E-state index >= 15 is 0 Å². The van der Waals surface area contributed by atoms with Gasteiger partial charge in [0.1, 0.15) is 5.76 Å². The predicted molar refractivity (Wildman–Crippen MR) is 41.9 cm³/mol. The Hall–Kier alpha value is -0.580. The maximum atomic E-state index is 11.8. The molecular formula is C7H7F3OS. The van der Waals surface area contributed by atoms with E-state index in [9.17, 15) is 13.2 Å². The molecule has 0 amide bonds. The maximum absolute atomic E-state index is 11.8. The van der Waals surface area contributed by atoms with Crippen molar-refractivity contribution in [2.45, 2.75) is 12.6 Å². The van der Waals surface area contributed by atoms with Crippen LogP contribution in [0.1, 0.15) is 6.42 Å². The summed E-state index contributed by atoms with van der Waals surface area (Å²) in [7, 11) is 0. The zero-order chi connectivity index (χ0) is 9.19. The Labute approximate surface area is 72.0 Å². The number of alkyl halides is 3. The van der Waals surface area contributed by atoms with Gasteiger partial charge < -0.3 is 5.11 Å². The Balaban J connectivity index is 2.68. The number of hydrogen-bond acceptors (Lipinski definition) is 2. The molecular weight excluding hydrogens is 189 g/mol. The van der Waals surface area contributed by atoms with Crippen molar-refractivity contribution in [2.75, 3.05) is 5.75 Å². The Morgan fingerprint density at radius 3 is 2.67 bits per heavy atom. The third-order valence-corrected chi connectivity index (χ3v) is 2.34. The van der Waals surface area contributed by atoms with Crippen LogP contribution in [-0.2, 0) is 0 Å². The van der Waals surface area contributed by atoms with E-state index in [0.29, 0.717) is 5.75 Å². The number of aliphatic hydroxyl groups is 1. The van der Waals surface area contributed by atoms with Crippen molar-refractivity contribution in [3.05, 3.63) is 22.8 Å². The first-order chi connectivity index (χ1) is 5.49. The quantitative estimate of drug-likeness (QED) is 0.695. The molecule has 0 aromatic heterocycles. The molecule has 12 heavy (non-hydrogen) atoms. The van der Waals surface area contributed by atoms with Gasteiger partial charge in [-0.25, -0.2) is 0 Å². The first-order valence-corrected chi connectivity index (χ1v) is 4.26. The van der Waals surface area contributed by atoms with Crippen LogP contribution in [0.3, 0.4) is 0 Å². The standard InChI is InChI=1S/C7H7F3OS/c8-7(9,10)4-6-5(11)2-1-3-12-6/h1-2,11H,3-4H2. The van der Waals surface area contributed by atoms with Crippen LogP contribution >= 0.6 is 11.8 Å². The van der Waals surface area contributed by atoms with Gasteiger partial charge in [0.2, 0.25) is 0 Å². The highest BCUT2D eigenvalue weighted by molar-refractivity contribution is 8.03. The summed E-state index contributed by atoms with van der Waals surface area (Å²) in [4.78, 5) is 0.00463. The summed E-state index contributed by atoms with van der Waals surface area (Å²) in [5, 5.41) is 9.00. The highest BCUT2D eigenvalue weighted by atomic mass is 32.2. The van der Waals surface area contributed by atoms with Gasteiger partial charge in [-0.05, 0) is 6.08 Å². The molecule has 68 valence electrons. The van der Waals surface area contributed by atoms with E-state index in [1.165, 1.54) is 6.08 Å². The topological polar surface area (TPSA) is 20.2 Å². The van der Waals surface area contributed by atoms with Gasteiger partial charge in [0.05, 0.1) is 6.42 Å². The number of allylic oxidation sites excluding steroid dienone is 2. The zero-order valence-electron chi connectivity index (χ0n) is 6.06. The van der Waals surface area contributed by atoms with E-state index < -0.39 is 12.6 Å². The van der Waals surface area contributed by atoms with Crippen LogP contribution in [0.4, 0.5) is 13.2 Å². The molecule has 0 fully saturated rings. The monoisotopic (exact) mass is 196 g/mol.